The Morgan fingerprint density at radius 3 is 2.22 bits per heavy atom. The van der Waals surface area contributed by atoms with Crippen molar-refractivity contribution in [3.8, 4) is 11.1 Å². The molecule has 2 nitrogen and oxygen atoms in total. The first-order valence-corrected chi connectivity index (χ1v) is 5.88. The van der Waals surface area contributed by atoms with E-state index in [0.29, 0.717) is 0 Å². The lowest BCUT2D eigenvalue weighted by molar-refractivity contribution is 1.41. The van der Waals surface area contributed by atoms with E-state index < -0.39 is 0 Å². The molecule has 0 aliphatic heterocycles. The summed E-state index contributed by atoms with van der Waals surface area (Å²) in [6.07, 6.45) is 2.75. The third-order valence-corrected chi connectivity index (χ3v) is 3.11. The molecule has 2 rings (SSSR count). The lowest BCUT2D eigenvalue weighted by atomic mass is 9.95. The molecule has 2 heteroatoms. The van der Waals surface area contributed by atoms with Crippen molar-refractivity contribution in [3.63, 3.8) is 0 Å². The summed E-state index contributed by atoms with van der Waals surface area (Å²) in [6, 6.07) is 12.1. The van der Waals surface area contributed by atoms with E-state index in [4.69, 9.17) is 10.8 Å². The quantitative estimate of drug-likeness (QED) is 0.758. The summed E-state index contributed by atoms with van der Waals surface area (Å²) in [5.74, 6) is 0. The van der Waals surface area contributed by atoms with Crippen LogP contribution in [0.1, 0.15) is 22.3 Å². The molecule has 0 atom stereocenters. The smallest absolute Gasteiger partial charge is 0.0256 e. The van der Waals surface area contributed by atoms with E-state index in [9.17, 15) is 0 Å². The summed E-state index contributed by atoms with van der Waals surface area (Å²) in [4.78, 5) is 0. The molecule has 0 unspecified atom stereocenters. The van der Waals surface area contributed by atoms with Gasteiger partial charge in [-0.1, -0.05) is 29.8 Å². The summed E-state index contributed by atoms with van der Waals surface area (Å²) in [5, 5.41) is 14.9. The molecule has 0 radical (unpaired) electrons. The molecule has 0 saturated carbocycles. The van der Waals surface area contributed by atoms with Crippen molar-refractivity contribution in [3.05, 3.63) is 58.7 Å². The van der Waals surface area contributed by atoms with Crippen LogP contribution in [0.5, 0.6) is 0 Å². The maximum absolute atomic E-state index is 7.50. The second-order valence-corrected chi connectivity index (χ2v) is 4.45. The van der Waals surface area contributed by atoms with Crippen molar-refractivity contribution in [2.45, 2.75) is 13.8 Å². The fourth-order valence-electron chi connectivity index (χ4n) is 2.03. The Labute approximate surface area is 107 Å². The van der Waals surface area contributed by atoms with Crippen LogP contribution in [-0.2, 0) is 0 Å². The van der Waals surface area contributed by atoms with Gasteiger partial charge in [0.1, 0.15) is 0 Å². The number of hydrogen-bond acceptors (Lipinski definition) is 2. The Bertz CT molecular complexity index is 612. The van der Waals surface area contributed by atoms with Crippen molar-refractivity contribution < 1.29 is 0 Å². The van der Waals surface area contributed by atoms with Crippen LogP contribution in [0.15, 0.2) is 36.4 Å². The van der Waals surface area contributed by atoms with E-state index in [0.717, 1.165) is 33.4 Å². The van der Waals surface area contributed by atoms with E-state index >= 15 is 0 Å². The predicted molar refractivity (Wildman–Crippen MR) is 77.1 cm³/mol. The first kappa shape index (κ1) is 12.2. The normalized spacial score (nSPS) is 10.1. The van der Waals surface area contributed by atoms with E-state index in [1.165, 1.54) is 12.4 Å². The van der Waals surface area contributed by atoms with Gasteiger partial charge in [-0.2, -0.15) is 0 Å². The van der Waals surface area contributed by atoms with E-state index in [1.54, 1.807) is 0 Å². The van der Waals surface area contributed by atoms with Gasteiger partial charge in [0, 0.05) is 18.0 Å². The van der Waals surface area contributed by atoms with Crippen LogP contribution in [0, 0.1) is 24.7 Å². The third-order valence-electron chi connectivity index (χ3n) is 3.11. The number of aryl methyl sites for hydroxylation is 2. The highest BCUT2D eigenvalue weighted by molar-refractivity contribution is 5.91. The summed E-state index contributed by atoms with van der Waals surface area (Å²) in [7, 11) is 0. The number of benzene rings is 2. The minimum absolute atomic E-state index is 0.912. The lowest BCUT2D eigenvalue weighted by Crippen LogP contribution is -1.92. The molecule has 0 aromatic heterocycles. The second kappa shape index (κ2) is 4.96. The predicted octanol–water partition coefficient (Wildman–Crippen LogP) is 3.97. The van der Waals surface area contributed by atoms with Gasteiger partial charge < -0.3 is 10.8 Å². The highest BCUT2D eigenvalue weighted by Crippen LogP contribution is 2.25. The van der Waals surface area contributed by atoms with Crippen LogP contribution in [-0.4, -0.2) is 12.4 Å². The zero-order chi connectivity index (χ0) is 13.1. The van der Waals surface area contributed by atoms with E-state index in [2.05, 4.69) is 0 Å². The molecule has 2 N–H and O–H groups in total. The topological polar surface area (TPSA) is 47.7 Å². The van der Waals surface area contributed by atoms with E-state index in [-0.39, 0.29) is 0 Å². The van der Waals surface area contributed by atoms with Crippen LogP contribution < -0.4 is 0 Å². The fourth-order valence-corrected chi connectivity index (χ4v) is 2.03. The van der Waals surface area contributed by atoms with Crippen molar-refractivity contribution in [2.24, 2.45) is 0 Å². The summed E-state index contributed by atoms with van der Waals surface area (Å²) < 4.78 is 0. The Balaban J connectivity index is 2.61. The summed E-state index contributed by atoms with van der Waals surface area (Å²) >= 11 is 0. The highest BCUT2D eigenvalue weighted by atomic mass is 14.3. The largest absolute Gasteiger partial charge is 0.308 e. The molecule has 2 aromatic carbocycles. The minimum atomic E-state index is 0.912. The Morgan fingerprint density at radius 2 is 1.56 bits per heavy atom. The molecule has 18 heavy (non-hydrogen) atoms. The van der Waals surface area contributed by atoms with Crippen molar-refractivity contribution in [1.29, 1.82) is 10.8 Å². The molecule has 0 bridgehead atoms. The Morgan fingerprint density at radius 1 is 0.833 bits per heavy atom. The molecule has 90 valence electrons. The van der Waals surface area contributed by atoms with Gasteiger partial charge in [-0.3, -0.25) is 0 Å². The van der Waals surface area contributed by atoms with Crippen molar-refractivity contribution in [2.75, 3.05) is 0 Å². The first-order valence-electron chi connectivity index (χ1n) is 5.88. The third kappa shape index (κ3) is 2.23. The summed E-state index contributed by atoms with van der Waals surface area (Å²) in [5.41, 5.74) is 6.17. The van der Waals surface area contributed by atoms with Crippen LogP contribution in [0.25, 0.3) is 11.1 Å². The molecule has 2 aromatic rings. The molecule has 0 aliphatic carbocycles. The van der Waals surface area contributed by atoms with Gasteiger partial charge in [-0.15, -0.1) is 0 Å². The molecule has 0 spiro atoms. The molecular formula is C16H16N2. The van der Waals surface area contributed by atoms with Crippen LogP contribution in [0.3, 0.4) is 0 Å². The minimum Gasteiger partial charge on any atom is -0.308 e. The Hall–Kier alpha value is -2.22. The monoisotopic (exact) mass is 236 g/mol. The molecule has 0 fully saturated rings. The van der Waals surface area contributed by atoms with Crippen molar-refractivity contribution in [1.82, 2.24) is 0 Å². The molecule has 0 saturated heterocycles. The number of hydrogen-bond donors (Lipinski definition) is 2. The fraction of sp³-hybridized carbons (Fsp3) is 0.125. The molecule has 0 heterocycles. The van der Waals surface area contributed by atoms with Gasteiger partial charge in [0.25, 0.3) is 0 Å². The first-order chi connectivity index (χ1) is 8.65. The maximum atomic E-state index is 7.50. The molecule has 0 amide bonds. The van der Waals surface area contributed by atoms with Crippen LogP contribution in [0.2, 0.25) is 0 Å². The van der Waals surface area contributed by atoms with Crippen LogP contribution >= 0.6 is 0 Å². The van der Waals surface area contributed by atoms with Crippen LogP contribution in [0.4, 0.5) is 0 Å². The SMILES string of the molecule is Cc1ccc(-c2ccc(C)c(C=N)c2)c(C=N)c1. The zero-order valence-corrected chi connectivity index (χ0v) is 10.6. The molecule has 0 aliphatic rings. The van der Waals surface area contributed by atoms with E-state index in [1.807, 2.05) is 50.2 Å². The van der Waals surface area contributed by atoms with Crippen molar-refractivity contribution >= 4 is 12.4 Å². The number of nitrogens with one attached hydrogen (secondary N) is 2. The maximum Gasteiger partial charge on any atom is 0.0256 e. The van der Waals surface area contributed by atoms with Gasteiger partial charge in [0.15, 0.2) is 0 Å². The van der Waals surface area contributed by atoms with Gasteiger partial charge in [0.2, 0.25) is 0 Å². The highest BCUT2D eigenvalue weighted by Gasteiger charge is 2.05. The number of rotatable bonds is 3. The standard InChI is InChI=1S/C16H16N2/c1-11-3-6-16(15(7-11)10-18)13-5-4-12(2)14(8-13)9-17/h3-10,17-18H,1-2H3. The second-order valence-electron chi connectivity index (χ2n) is 4.45. The average molecular weight is 236 g/mol. The summed E-state index contributed by atoms with van der Waals surface area (Å²) in [6.45, 7) is 4.02. The zero-order valence-electron chi connectivity index (χ0n) is 10.6. The van der Waals surface area contributed by atoms with Gasteiger partial charge in [0.05, 0.1) is 0 Å². The average Bonchev–Trinajstić information content (AvgIpc) is 2.39. The Kier molecular flexibility index (Phi) is 3.38. The van der Waals surface area contributed by atoms with Gasteiger partial charge >= 0.3 is 0 Å². The van der Waals surface area contributed by atoms with Gasteiger partial charge in [-0.05, 0) is 48.2 Å². The van der Waals surface area contributed by atoms with Gasteiger partial charge in [-0.25, -0.2) is 0 Å². The molecular weight excluding hydrogens is 220 g/mol. The lowest BCUT2D eigenvalue weighted by Gasteiger charge is -2.09.